The average Bonchev–Trinajstić information content (AvgIpc) is 3.39. The number of carboxylic acid groups (broad SMARTS) is 1. The van der Waals surface area contributed by atoms with E-state index in [0.29, 0.717) is 25.0 Å². The molecule has 3 aromatic rings. The second kappa shape index (κ2) is 8.46. The first-order chi connectivity index (χ1) is 15.2. The van der Waals surface area contributed by atoms with Crippen LogP contribution in [0.2, 0.25) is 0 Å². The zero-order valence-electron chi connectivity index (χ0n) is 17.2. The van der Waals surface area contributed by atoms with Crippen molar-refractivity contribution in [1.82, 2.24) is 24.3 Å². The molecule has 3 N–H and O–H groups in total. The molecule has 0 aliphatic carbocycles. The first kappa shape index (κ1) is 21.6. The zero-order valence-corrected chi connectivity index (χ0v) is 18.0. The summed E-state index contributed by atoms with van der Waals surface area (Å²) in [4.78, 5) is 33.1. The van der Waals surface area contributed by atoms with Crippen LogP contribution in [0.25, 0.3) is 11.2 Å². The van der Waals surface area contributed by atoms with Gasteiger partial charge in [0.2, 0.25) is 5.91 Å². The lowest BCUT2D eigenvalue weighted by molar-refractivity contribution is -0.121. The number of likely N-dealkylation sites (tertiary alicyclic amines) is 1. The fourth-order valence-corrected chi connectivity index (χ4v) is 4.88. The molecular weight excluding hydrogens is 436 g/mol. The van der Waals surface area contributed by atoms with Crippen molar-refractivity contribution in [2.24, 2.45) is 5.92 Å². The second-order valence-electron chi connectivity index (χ2n) is 7.65. The van der Waals surface area contributed by atoms with E-state index in [2.05, 4.69) is 20.8 Å². The lowest BCUT2D eigenvalue weighted by Crippen LogP contribution is -2.32. The predicted molar refractivity (Wildman–Crippen MR) is 115 cm³/mol. The van der Waals surface area contributed by atoms with E-state index in [1.165, 1.54) is 35.5 Å². The van der Waals surface area contributed by atoms with Gasteiger partial charge in [-0.25, -0.2) is 27.2 Å². The summed E-state index contributed by atoms with van der Waals surface area (Å²) in [5.74, 6) is -0.0963. The SMILES string of the molecule is Cc1ccc(S(=O)(=O)n2ccc3nc(NNC(=O)CC4CCN(C(=O)O)C4)cnc32)cc1. The first-order valence-electron chi connectivity index (χ1n) is 9.93. The number of aryl methyl sites for hydroxylation is 1. The van der Waals surface area contributed by atoms with E-state index in [0.717, 1.165) is 9.54 Å². The van der Waals surface area contributed by atoms with Crippen molar-refractivity contribution in [3.8, 4) is 0 Å². The van der Waals surface area contributed by atoms with Gasteiger partial charge in [-0.1, -0.05) is 17.7 Å². The van der Waals surface area contributed by atoms with E-state index in [4.69, 9.17) is 5.11 Å². The standard InChI is InChI=1S/C20H22N6O5S/c1-13-2-4-15(5-3-13)32(30,31)26-9-7-16-19(26)21-11-17(22-16)23-24-18(27)10-14-6-8-25(12-14)20(28)29/h2-5,7,9,11,14H,6,8,10,12H2,1H3,(H,22,23)(H,24,27)(H,28,29). The quantitative estimate of drug-likeness (QED) is 0.474. The Morgan fingerprint density at radius 3 is 2.66 bits per heavy atom. The van der Waals surface area contributed by atoms with Crippen LogP contribution in [0.15, 0.2) is 47.6 Å². The molecule has 32 heavy (non-hydrogen) atoms. The molecule has 1 unspecified atom stereocenters. The molecule has 4 rings (SSSR count). The van der Waals surface area contributed by atoms with Crippen LogP contribution in [0, 0.1) is 12.8 Å². The Morgan fingerprint density at radius 1 is 1.22 bits per heavy atom. The summed E-state index contributed by atoms with van der Waals surface area (Å²) in [6.07, 6.45) is 2.54. The molecule has 0 radical (unpaired) electrons. The third-order valence-electron chi connectivity index (χ3n) is 5.29. The molecule has 0 spiro atoms. The van der Waals surface area contributed by atoms with Crippen LogP contribution in [0.4, 0.5) is 10.6 Å². The second-order valence-corrected chi connectivity index (χ2v) is 9.47. The number of hydrogen-bond acceptors (Lipinski definition) is 7. The van der Waals surface area contributed by atoms with Crippen LogP contribution < -0.4 is 10.9 Å². The van der Waals surface area contributed by atoms with Crippen LogP contribution in [0.3, 0.4) is 0 Å². The van der Waals surface area contributed by atoms with Crippen molar-refractivity contribution in [2.75, 3.05) is 18.5 Å². The van der Waals surface area contributed by atoms with Gasteiger partial charge in [0.15, 0.2) is 11.5 Å². The maximum atomic E-state index is 12.9. The number of anilines is 1. The Balaban J connectivity index is 1.42. The van der Waals surface area contributed by atoms with E-state index in [1.54, 1.807) is 12.1 Å². The zero-order chi connectivity index (χ0) is 22.9. The summed E-state index contributed by atoms with van der Waals surface area (Å²) in [7, 11) is -3.82. The minimum atomic E-state index is -3.82. The van der Waals surface area contributed by atoms with Crippen molar-refractivity contribution in [3.05, 3.63) is 48.3 Å². The number of nitrogens with zero attached hydrogens (tertiary/aromatic N) is 4. The molecule has 1 aliphatic heterocycles. The third-order valence-corrected chi connectivity index (χ3v) is 6.97. The van der Waals surface area contributed by atoms with Gasteiger partial charge in [0.25, 0.3) is 10.0 Å². The summed E-state index contributed by atoms with van der Waals surface area (Å²) in [6, 6.07) is 8.05. The molecular formula is C20H22N6O5S. The van der Waals surface area contributed by atoms with Crippen LogP contribution in [0.5, 0.6) is 0 Å². The van der Waals surface area contributed by atoms with Crippen LogP contribution >= 0.6 is 0 Å². The number of benzene rings is 1. The molecule has 1 atom stereocenters. The van der Waals surface area contributed by atoms with Crippen molar-refractivity contribution in [2.45, 2.75) is 24.7 Å². The van der Waals surface area contributed by atoms with E-state index in [1.807, 2.05) is 6.92 Å². The Kier molecular flexibility index (Phi) is 5.70. The van der Waals surface area contributed by atoms with Gasteiger partial charge in [0.1, 0.15) is 5.52 Å². The number of hydrogen-bond donors (Lipinski definition) is 3. The van der Waals surface area contributed by atoms with E-state index in [-0.39, 0.29) is 34.6 Å². The monoisotopic (exact) mass is 458 g/mol. The molecule has 3 heterocycles. The molecule has 0 bridgehead atoms. The highest BCUT2D eigenvalue weighted by Gasteiger charge is 2.27. The number of carbonyl (C=O) groups excluding carboxylic acids is 1. The number of fused-ring (bicyclic) bond motifs is 1. The molecule has 1 fully saturated rings. The first-order valence-corrected chi connectivity index (χ1v) is 11.4. The Labute approximate surface area is 184 Å². The van der Waals surface area contributed by atoms with E-state index >= 15 is 0 Å². The van der Waals surface area contributed by atoms with Gasteiger partial charge in [-0.2, -0.15) is 0 Å². The van der Waals surface area contributed by atoms with Crippen molar-refractivity contribution < 1.29 is 23.1 Å². The average molecular weight is 459 g/mol. The summed E-state index contributed by atoms with van der Waals surface area (Å²) in [5, 5.41) is 8.99. The summed E-state index contributed by atoms with van der Waals surface area (Å²) in [5.41, 5.74) is 6.65. The number of aromatic nitrogens is 3. The summed E-state index contributed by atoms with van der Waals surface area (Å²) < 4.78 is 26.9. The summed E-state index contributed by atoms with van der Waals surface area (Å²) in [6.45, 7) is 2.63. The fourth-order valence-electron chi connectivity index (χ4n) is 3.59. The van der Waals surface area contributed by atoms with E-state index in [9.17, 15) is 18.0 Å². The number of rotatable bonds is 6. The smallest absolute Gasteiger partial charge is 0.407 e. The summed E-state index contributed by atoms with van der Waals surface area (Å²) >= 11 is 0. The van der Waals surface area contributed by atoms with Crippen LogP contribution in [-0.4, -0.2) is 57.5 Å². The minimum Gasteiger partial charge on any atom is -0.465 e. The number of amides is 2. The molecule has 2 amide bonds. The van der Waals surface area contributed by atoms with Gasteiger partial charge in [-0.05, 0) is 37.5 Å². The number of hydrazine groups is 1. The molecule has 2 aromatic heterocycles. The largest absolute Gasteiger partial charge is 0.465 e. The predicted octanol–water partition coefficient (Wildman–Crippen LogP) is 1.81. The molecule has 1 aliphatic rings. The lowest BCUT2D eigenvalue weighted by atomic mass is 10.1. The third kappa shape index (κ3) is 4.35. The highest BCUT2D eigenvalue weighted by atomic mass is 32.2. The molecule has 12 heteroatoms. The van der Waals surface area contributed by atoms with E-state index < -0.39 is 16.1 Å². The topological polar surface area (TPSA) is 147 Å². The Bertz CT molecular complexity index is 1270. The molecule has 168 valence electrons. The molecule has 1 aromatic carbocycles. The number of nitrogens with one attached hydrogen (secondary N) is 2. The van der Waals surface area contributed by atoms with Gasteiger partial charge >= 0.3 is 6.09 Å². The molecule has 0 saturated carbocycles. The Morgan fingerprint density at radius 2 is 1.97 bits per heavy atom. The van der Waals surface area contributed by atoms with Gasteiger partial charge in [-0.15, -0.1) is 0 Å². The molecule has 1 saturated heterocycles. The maximum Gasteiger partial charge on any atom is 0.407 e. The van der Waals surface area contributed by atoms with Gasteiger partial charge in [0, 0.05) is 25.7 Å². The maximum absolute atomic E-state index is 12.9. The normalized spacial score (nSPS) is 16.3. The van der Waals surface area contributed by atoms with Gasteiger partial charge in [0.05, 0.1) is 11.1 Å². The molecule has 11 nitrogen and oxygen atoms in total. The number of carbonyl (C=O) groups is 2. The Hall–Kier alpha value is -3.67. The highest BCUT2D eigenvalue weighted by molar-refractivity contribution is 7.90. The van der Waals surface area contributed by atoms with Crippen molar-refractivity contribution in [3.63, 3.8) is 0 Å². The van der Waals surface area contributed by atoms with Crippen molar-refractivity contribution in [1.29, 1.82) is 0 Å². The highest BCUT2D eigenvalue weighted by Crippen LogP contribution is 2.22. The van der Waals surface area contributed by atoms with Gasteiger partial charge < -0.3 is 10.0 Å². The fraction of sp³-hybridized carbons (Fsp3) is 0.300. The van der Waals surface area contributed by atoms with Crippen LogP contribution in [-0.2, 0) is 14.8 Å². The van der Waals surface area contributed by atoms with Crippen LogP contribution in [0.1, 0.15) is 18.4 Å². The lowest BCUT2D eigenvalue weighted by Gasteiger charge is -2.13. The minimum absolute atomic E-state index is 0.0394. The van der Waals surface area contributed by atoms with Crippen molar-refractivity contribution >= 4 is 39.0 Å². The van der Waals surface area contributed by atoms with Gasteiger partial charge in [-0.3, -0.25) is 15.6 Å².